The first-order chi connectivity index (χ1) is 4.33. The minimum Gasteiger partial charge on any atom is -0.394 e. The molecule has 52 valence electrons. The molecule has 0 radical (unpaired) electrons. The Kier molecular flexibility index (Phi) is 2.24. The smallest absolute Gasteiger partial charge is 0.166 e. The highest BCUT2D eigenvalue weighted by Crippen LogP contribution is 1.93. The first-order valence-corrected chi connectivity index (χ1v) is 3.39. The molecule has 3 N–H and O–H groups in total. The molecule has 0 spiro atoms. The van der Waals surface area contributed by atoms with E-state index < -0.39 is 0 Å². The summed E-state index contributed by atoms with van der Waals surface area (Å²) in [7, 11) is 0. The number of aliphatic hydroxyl groups excluding tert-OH is 1. The maximum absolute atomic E-state index is 8.66. The van der Waals surface area contributed by atoms with Crippen LogP contribution in [0.1, 0.15) is 6.42 Å². The average molecular weight is 146 g/mol. The normalized spacial score (nSPS) is 26.8. The lowest BCUT2D eigenvalue weighted by molar-refractivity contribution is 0.244. The van der Waals surface area contributed by atoms with Crippen molar-refractivity contribution in [2.24, 2.45) is 0 Å². The van der Waals surface area contributed by atoms with E-state index >= 15 is 0 Å². The summed E-state index contributed by atoms with van der Waals surface area (Å²) >= 11 is 4.82. The minimum atomic E-state index is 0.166. The number of aliphatic hydroxyl groups is 1. The van der Waals surface area contributed by atoms with Crippen molar-refractivity contribution in [3.63, 3.8) is 0 Å². The second-order valence-electron chi connectivity index (χ2n) is 2.07. The highest BCUT2D eigenvalue weighted by atomic mass is 32.1. The fourth-order valence-electron chi connectivity index (χ4n) is 0.805. The second kappa shape index (κ2) is 2.98. The molecule has 3 nitrogen and oxygen atoms in total. The predicted octanol–water partition coefficient (Wildman–Crippen LogP) is -0.785. The Morgan fingerprint density at radius 2 is 2.56 bits per heavy atom. The van der Waals surface area contributed by atoms with Gasteiger partial charge in [-0.2, -0.15) is 0 Å². The van der Waals surface area contributed by atoms with Gasteiger partial charge in [-0.15, -0.1) is 0 Å². The summed E-state index contributed by atoms with van der Waals surface area (Å²) in [5.74, 6) is 0. The Balaban J connectivity index is 2.32. The van der Waals surface area contributed by atoms with Crippen molar-refractivity contribution in [2.45, 2.75) is 12.5 Å². The van der Waals surface area contributed by atoms with Crippen LogP contribution in [0.15, 0.2) is 0 Å². The Morgan fingerprint density at radius 1 is 1.78 bits per heavy atom. The number of hydrogen-bond donors (Lipinski definition) is 3. The molecule has 9 heavy (non-hydrogen) atoms. The van der Waals surface area contributed by atoms with Crippen LogP contribution >= 0.6 is 12.2 Å². The summed E-state index contributed by atoms with van der Waals surface area (Å²) in [4.78, 5) is 0. The Hall–Kier alpha value is -0.350. The van der Waals surface area contributed by atoms with Crippen LogP contribution in [0.25, 0.3) is 0 Å². The van der Waals surface area contributed by atoms with Gasteiger partial charge in [-0.3, -0.25) is 0 Å². The van der Waals surface area contributed by atoms with Crippen LogP contribution in [-0.2, 0) is 0 Å². The number of nitrogens with one attached hydrogen (secondary N) is 2. The number of hydrogen-bond acceptors (Lipinski definition) is 2. The monoisotopic (exact) mass is 146 g/mol. The summed E-state index contributed by atoms with van der Waals surface area (Å²) in [6.45, 7) is 1.04. The first-order valence-electron chi connectivity index (χ1n) is 2.98. The molecular weight excluding hydrogens is 136 g/mol. The van der Waals surface area contributed by atoms with Crippen molar-refractivity contribution in [1.29, 1.82) is 0 Å². The zero-order valence-electron chi connectivity index (χ0n) is 5.05. The van der Waals surface area contributed by atoms with Gasteiger partial charge in [0.2, 0.25) is 0 Å². The third-order valence-electron chi connectivity index (χ3n) is 1.33. The van der Waals surface area contributed by atoms with E-state index in [-0.39, 0.29) is 12.6 Å². The Morgan fingerprint density at radius 3 is 3.00 bits per heavy atom. The number of thiocarbonyl (C=S) groups is 1. The van der Waals surface area contributed by atoms with Gasteiger partial charge in [-0.1, -0.05) is 0 Å². The van der Waals surface area contributed by atoms with E-state index in [4.69, 9.17) is 17.3 Å². The minimum absolute atomic E-state index is 0.166. The van der Waals surface area contributed by atoms with Crippen LogP contribution in [0.5, 0.6) is 0 Å². The molecule has 1 saturated heterocycles. The SMILES string of the molecule is OCC1CCNC(=S)N1. The Labute approximate surface area is 59.4 Å². The molecule has 0 aliphatic carbocycles. The third kappa shape index (κ3) is 1.80. The van der Waals surface area contributed by atoms with E-state index in [1.807, 2.05) is 0 Å². The average Bonchev–Trinajstić information content (AvgIpc) is 1.88. The molecular formula is C5H10N2OS. The summed E-state index contributed by atoms with van der Waals surface area (Å²) in [5.41, 5.74) is 0. The van der Waals surface area contributed by atoms with Crippen LogP contribution in [-0.4, -0.2) is 29.4 Å². The largest absolute Gasteiger partial charge is 0.394 e. The van der Waals surface area contributed by atoms with Crippen molar-refractivity contribution < 1.29 is 5.11 Å². The maximum Gasteiger partial charge on any atom is 0.166 e. The molecule has 0 aromatic heterocycles. The highest BCUT2D eigenvalue weighted by molar-refractivity contribution is 7.80. The molecule has 1 aliphatic heterocycles. The quantitative estimate of drug-likeness (QED) is 0.424. The van der Waals surface area contributed by atoms with Gasteiger partial charge < -0.3 is 15.7 Å². The molecule has 1 rings (SSSR count). The Bertz CT molecular complexity index is 118. The van der Waals surface area contributed by atoms with E-state index in [0.717, 1.165) is 13.0 Å². The predicted molar refractivity (Wildman–Crippen MR) is 39.2 cm³/mol. The molecule has 1 atom stereocenters. The summed E-state index contributed by atoms with van der Waals surface area (Å²) < 4.78 is 0. The van der Waals surface area contributed by atoms with Gasteiger partial charge in [-0.05, 0) is 18.6 Å². The van der Waals surface area contributed by atoms with Crippen LogP contribution in [0.2, 0.25) is 0 Å². The van der Waals surface area contributed by atoms with Crippen LogP contribution in [0, 0.1) is 0 Å². The van der Waals surface area contributed by atoms with E-state index in [9.17, 15) is 0 Å². The van der Waals surface area contributed by atoms with Gasteiger partial charge in [0.05, 0.1) is 12.6 Å². The van der Waals surface area contributed by atoms with Gasteiger partial charge in [0.25, 0.3) is 0 Å². The summed E-state index contributed by atoms with van der Waals surface area (Å²) in [6, 6.07) is 0.166. The summed E-state index contributed by atoms with van der Waals surface area (Å²) in [5, 5.41) is 15.2. The van der Waals surface area contributed by atoms with E-state index in [0.29, 0.717) is 5.11 Å². The lowest BCUT2D eigenvalue weighted by Gasteiger charge is -2.24. The molecule has 1 heterocycles. The van der Waals surface area contributed by atoms with Gasteiger partial charge in [0.1, 0.15) is 0 Å². The van der Waals surface area contributed by atoms with Gasteiger partial charge in [0.15, 0.2) is 5.11 Å². The van der Waals surface area contributed by atoms with E-state index in [1.54, 1.807) is 0 Å². The van der Waals surface area contributed by atoms with E-state index in [2.05, 4.69) is 10.6 Å². The van der Waals surface area contributed by atoms with Crippen LogP contribution in [0.4, 0.5) is 0 Å². The standard InChI is InChI=1S/C5H10N2OS/c8-3-4-1-2-6-5(9)7-4/h4,8H,1-3H2,(H2,6,7,9). The molecule has 1 unspecified atom stereocenters. The zero-order chi connectivity index (χ0) is 6.69. The van der Waals surface area contributed by atoms with Gasteiger partial charge in [0, 0.05) is 6.54 Å². The van der Waals surface area contributed by atoms with Crippen LogP contribution < -0.4 is 10.6 Å². The molecule has 1 fully saturated rings. The van der Waals surface area contributed by atoms with Crippen molar-refractivity contribution in [3.05, 3.63) is 0 Å². The fourth-order valence-corrected chi connectivity index (χ4v) is 1.07. The fraction of sp³-hybridized carbons (Fsp3) is 0.800. The molecule has 0 bridgehead atoms. The molecule has 0 amide bonds. The van der Waals surface area contributed by atoms with Gasteiger partial charge in [-0.25, -0.2) is 0 Å². The first kappa shape index (κ1) is 6.77. The highest BCUT2D eigenvalue weighted by Gasteiger charge is 2.12. The number of rotatable bonds is 1. The van der Waals surface area contributed by atoms with Crippen molar-refractivity contribution >= 4 is 17.3 Å². The van der Waals surface area contributed by atoms with Crippen molar-refractivity contribution in [2.75, 3.05) is 13.2 Å². The van der Waals surface area contributed by atoms with Crippen molar-refractivity contribution in [3.8, 4) is 0 Å². The summed E-state index contributed by atoms with van der Waals surface area (Å²) in [6.07, 6.45) is 0.941. The zero-order valence-corrected chi connectivity index (χ0v) is 5.87. The van der Waals surface area contributed by atoms with Crippen molar-refractivity contribution in [1.82, 2.24) is 10.6 Å². The van der Waals surface area contributed by atoms with E-state index in [1.165, 1.54) is 0 Å². The second-order valence-corrected chi connectivity index (χ2v) is 2.48. The van der Waals surface area contributed by atoms with Crippen LogP contribution in [0.3, 0.4) is 0 Å². The molecule has 4 heteroatoms. The molecule has 1 aliphatic rings. The van der Waals surface area contributed by atoms with Gasteiger partial charge >= 0.3 is 0 Å². The molecule has 0 saturated carbocycles. The third-order valence-corrected chi connectivity index (χ3v) is 1.60. The topological polar surface area (TPSA) is 44.3 Å². The molecule has 0 aromatic carbocycles. The molecule has 0 aromatic rings. The maximum atomic E-state index is 8.66. The lowest BCUT2D eigenvalue weighted by Crippen LogP contribution is -2.50. The lowest BCUT2D eigenvalue weighted by atomic mass is 10.2.